The molecule has 1 heterocycles. The molecule has 3 rings (SSSR count). The molecule has 2 aromatic carbocycles. The number of cyclic esters (lactones) is 1. The summed E-state index contributed by atoms with van der Waals surface area (Å²) in [6, 6.07) is 14.7. The summed E-state index contributed by atoms with van der Waals surface area (Å²) in [5, 5.41) is 2.47. The van der Waals surface area contributed by atoms with Crippen LogP contribution in [0.1, 0.15) is 18.9 Å². The van der Waals surface area contributed by atoms with E-state index in [-0.39, 0.29) is 11.9 Å². The van der Waals surface area contributed by atoms with Gasteiger partial charge in [0, 0.05) is 0 Å². The van der Waals surface area contributed by atoms with Crippen molar-refractivity contribution in [2.75, 3.05) is 6.61 Å². The summed E-state index contributed by atoms with van der Waals surface area (Å²) in [7, 11) is 0. The largest absolute Gasteiger partial charge is 0.460 e. The lowest BCUT2D eigenvalue weighted by atomic mass is 10.00. The SMILES string of the molecule is CC[C@H]1C=C(/C=C/c2ccc3ccccc3c2)COC1=O. The number of hydrogen-bond donors (Lipinski definition) is 0. The van der Waals surface area contributed by atoms with Gasteiger partial charge in [-0.05, 0) is 34.4 Å². The minimum Gasteiger partial charge on any atom is -0.460 e. The van der Waals surface area contributed by atoms with Crippen LogP contribution >= 0.6 is 0 Å². The molecular weight excluding hydrogens is 260 g/mol. The molecule has 106 valence electrons. The fourth-order valence-corrected chi connectivity index (χ4v) is 2.54. The molecule has 0 N–H and O–H groups in total. The first-order chi connectivity index (χ1) is 10.3. The molecule has 0 aliphatic carbocycles. The van der Waals surface area contributed by atoms with Gasteiger partial charge in [0.1, 0.15) is 6.61 Å². The molecule has 0 aromatic heterocycles. The van der Waals surface area contributed by atoms with Crippen LogP contribution in [0.5, 0.6) is 0 Å². The molecule has 2 nitrogen and oxygen atoms in total. The molecule has 21 heavy (non-hydrogen) atoms. The van der Waals surface area contributed by atoms with Crippen molar-refractivity contribution in [1.29, 1.82) is 0 Å². The van der Waals surface area contributed by atoms with E-state index in [0.29, 0.717) is 6.61 Å². The Hall–Kier alpha value is -2.35. The molecule has 0 bridgehead atoms. The van der Waals surface area contributed by atoms with Gasteiger partial charge in [0.05, 0.1) is 5.92 Å². The summed E-state index contributed by atoms with van der Waals surface area (Å²) >= 11 is 0. The molecular formula is C19H18O2. The number of fused-ring (bicyclic) bond motifs is 1. The van der Waals surface area contributed by atoms with Crippen LogP contribution in [0.15, 0.2) is 60.2 Å². The van der Waals surface area contributed by atoms with Gasteiger partial charge >= 0.3 is 5.97 Å². The quantitative estimate of drug-likeness (QED) is 0.780. The van der Waals surface area contributed by atoms with Crippen molar-refractivity contribution in [2.45, 2.75) is 13.3 Å². The fraction of sp³-hybridized carbons (Fsp3) is 0.211. The van der Waals surface area contributed by atoms with Crippen molar-refractivity contribution in [2.24, 2.45) is 5.92 Å². The molecule has 0 unspecified atom stereocenters. The van der Waals surface area contributed by atoms with E-state index in [1.54, 1.807) is 0 Å². The molecule has 1 aliphatic heterocycles. The van der Waals surface area contributed by atoms with E-state index in [9.17, 15) is 4.79 Å². The molecule has 0 amide bonds. The van der Waals surface area contributed by atoms with Crippen molar-refractivity contribution in [3.8, 4) is 0 Å². The summed E-state index contributed by atoms with van der Waals surface area (Å²) in [6.45, 7) is 2.37. The average Bonchev–Trinajstić information content (AvgIpc) is 2.54. The first-order valence-electron chi connectivity index (χ1n) is 7.30. The van der Waals surface area contributed by atoms with Gasteiger partial charge in [0.25, 0.3) is 0 Å². The summed E-state index contributed by atoms with van der Waals surface area (Å²) in [5.41, 5.74) is 2.22. The molecule has 0 saturated carbocycles. The highest BCUT2D eigenvalue weighted by Gasteiger charge is 2.20. The van der Waals surface area contributed by atoms with Gasteiger partial charge in [-0.15, -0.1) is 0 Å². The lowest BCUT2D eigenvalue weighted by Crippen LogP contribution is -2.21. The standard InChI is InChI=1S/C19H18O2/c1-2-16-12-15(13-21-19(16)20)8-7-14-9-10-17-5-3-4-6-18(17)11-14/h3-12,16H,2,13H2,1H3/b8-7+/t16-/m0/s1. The maximum atomic E-state index is 11.5. The van der Waals surface area contributed by atoms with Crippen molar-refractivity contribution < 1.29 is 9.53 Å². The molecule has 0 radical (unpaired) electrons. The van der Waals surface area contributed by atoms with E-state index in [0.717, 1.165) is 17.6 Å². The highest BCUT2D eigenvalue weighted by Crippen LogP contribution is 2.20. The second-order valence-corrected chi connectivity index (χ2v) is 5.30. The normalized spacial score (nSPS) is 18.8. The number of carbonyl (C=O) groups excluding carboxylic acids is 1. The van der Waals surface area contributed by atoms with Gasteiger partial charge in [-0.1, -0.05) is 61.5 Å². The molecule has 2 heteroatoms. The van der Waals surface area contributed by atoms with Gasteiger partial charge < -0.3 is 4.74 Å². The smallest absolute Gasteiger partial charge is 0.313 e. The number of carbonyl (C=O) groups is 1. The van der Waals surface area contributed by atoms with Crippen LogP contribution in [0.3, 0.4) is 0 Å². The minimum absolute atomic E-state index is 0.102. The third kappa shape index (κ3) is 3.05. The second kappa shape index (κ2) is 5.96. The Morgan fingerprint density at radius 1 is 1.14 bits per heavy atom. The van der Waals surface area contributed by atoms with Gasteiger partial charge in [-0.2, -0.15) is 0 Å². The number of esters is 1. The zero-order chi connectivity index (χ0) is 14.7. The van der Waals surface area contributed by atoms with Crippen molar-refractivity contribution >= 4 is 22.8 Å². The number of hydrogen-bond acceptors (Lipinski definition) is 2. The van der Waals surface area contributed by atoms with Gasteiger partial charge in [0.2, 0.25) is 0 Å². The molecule has 1 aliphatic rings. The van der Waals surface area contributed by atoms with E-state index in [4.69, 9.17) is 4.74 Å². The highest BCUT2D eigenvalue weighted by molar-refractivity contribution is 5.84. The van der Waals surface area contributed by atoms with Crippen LogP contribution in [0, 0.1) is 5.92 Å². The Morgan fingerprint density at radius 3 is 2.76 bits per heavy atom. The number of rotatable bonds is 3. The zero-order valence-corrected chi connectivity index (χ0v) is 12.1. The Kier molecular flexibility index (Phi) is 3.87. The predicted molar refractivity (Wildman–Crippen MR) is 85.8 cm³/mol. The van der Waals surface area contributed by atoms with Gasteiger partial charge in [0.15, 0.2) is 0 Å². The highest BCUT2D eigenvalue weighted by atomic mass is 16.5. The summed E-state index contributed by atoms with van der Waals surface area (Å²) in [5.74, 6) is -0.213. The first kappa shape index (κ1) is 13.6. The van der Waals surface area contributed by atoms with Crippen LogP contribution in [0.2, 0.25) is 0 Å². The maximum absolute atomic E-state index is 11.5. The van der Waals surface area contributed by atoms with Crippen LogP contribution in [0.25, 0.3) is 16.8 Å². The lowest BCUT2D eigenvalue weighted by Gasteiger charge is -2.17. The topological polar surface area (TPSA) is 26.3 Å². The lowest BCUT2D eigenvalue weighted by molar-refractivity contribution is -0.146. The second-order valence-electron chi connectivity index (χ2n) is 5.30. The average molecular weight is 278 g/mol. The van der Waals surface area contributed by atoms with E-state index < -0.39 is 0 Å². The summed E-state index contributed by atoms with van der Waals surface area (Å²) < 4.78 is 5.19. The van der Waals surface area contributed by atoms with Crippen molar-refractivity contribution in [1.82, 2.24) is 0 Å². The molecule has 0 saturated heterocycles. The Labute approximate surface area is 124 Å². The van der Waals surface area contributed by atoms with Crippen LogP contribution < -0.4 is 0 Å². The van der Waals surface area contributed by atoms with E-state index in [1.165, 1.54) is 10.8 Å². The van der Waals surface area contributed by atoms with Crippen LogP contribution in [-0.4, -0.2) is 12.6 Å². The molecule has 0 fully saturated rings. The predicted octanol–water partition coefficient (Wildman–Crippen LogP) is 4.36. The molecule has 2 aromatic rings. The van der Waals surface area contributed by atoms with Crippen molar-refractivity contribution in [3.63, 3.8) is 0 Å². The maximum Gasteiger partial charge on any atom is 0.313 e. The monoisotopic (exact) mass is 278 g/mol. The van der Waals surface area contributed by atoms with E-state index in [2.05, 4.69) is 36.4 Å². The zero-order valence-electron chi connectivity index (χ0n) is 12.1. The number of ether oxygens (including phenoxy) is 1. The summed E-state index contributed by atoms with van der Waals surface area (Å²) in [4.78, 5) is 11.5. The number of benzene rings is 2. The van der Waals surface area contributed by atoms with Crippen LogP contribution in [-0.2, 0) is 9.53 Å². The Balaban J connectivity index is 1.82. The van der Waals surface area contributed by atoms with Crippen molar-refractivity contribution in [3.05, 3.63) is 65.8 Å². The minimum atomic E-state index is -0.111. The third-order valence-corrected chi connectivity index (χ3v) is 3.80. The third-order valence-electron chi connectivity index (χ3n) is 3.80. The Bertz CT molecular complexity index is 725. The summed E-state index contributed by atoms with van der Waals surface area (Å²) in [6.07, 6.45) is 6.92. The Morgan fingerprint density at radius 2 is 1.95 bits per heavy atom. The van der Waals surface area contributed by atoms with E-state index in [1.807, 2.05) is 31.2 Å². The van der Waals surface area contributed by atoms with Crippen LogP contribution in [0.4, 0.5) is 0 Å². The van der Waals surface area contributed by atoms with Gasteiger partial charge in [-0.3, -0.25) is 4.79 Å². The molecule has 0 spiro atoms. The fourth-order valence-electron chi connectivity index (χ4n) is 2.54. The van der Waals surface area contributed by atoms with Gasteiger partial charge in [-0.25, -0.2) is 0 Å². The first-order valence-corrected chi connectivity index (χ1v) is 7.30. The molecule has 1 atom stereocenters. The van der Waals surface area contributed by atoms with E-state index >= 15 is 0 Å².